The Balaban J connectivity index is 2.41. The third-order valence-corrected chi connectivity index (χ3v) is 8.99. The summed E-state index contributed by atoms with van der Waals surface area (Å²) in [5.74, 6) is 2.65. The summed E-state index contributed by atoms with van der Waals surface area (Å²) >= 11 is 0. The number of aliphatic hydroxyl groups excluding tert-OH is 2. The summed E-state index contributed by atoms with van der Waals surface area (Å²) in [5.41, 5.74) is 0.455. The topological polar surface area (TPSA) is 40.5 Å². The molecule has 0 aliphatic heterocycles. The number of aliphatic hydroxyl groups is 2. The summed E-state index contributed by atoms with van der Waals surface area (Å²) in [7, 11) is 0. The number of hydrogen-bond acceptors (Lipinski definition) is 2. The van der Waals surface area contributed by atoms with Crippen LogP contribution in [0.2, 0.25) is 0 Å². The lowest BCUT2D eigenvalue weighted by Gasteiger charge is -2.55. The molecule has 0 spiro atoms. The van der Waals surface area contributed by atoms with Gasteiger partial charge in [-0.25, -0.2) is 0 Å². The van der Waals surface area contributed by atoms with E-state index in [1.807, 2.05) is 0 Å². The van der Waals surface area contributed by atoms with Gasteiger partial charge >= 0.3 is 0 Å². The molecular weight excluding hydrogens is 368 g/mol. The van der Waals surface area contributed by atoms with Gasteiger partial charge in [-0.2, -0.15) is 0 Å². The van der Waals surface area contributed by atoms with E-state index in [4.69, 9.17) is 0 Å². The highest BCUT2D eigenvalue weighted by Crippen LogP contribution is 2.56. The molecular formula is C28H54O2. The maximum atomic E-state index is 11.4. The Hall–Kier alpha value is -0.0800. The van der Waals surface area contributed by atoms with E-state index in [0.29, 0.717) is 35.5 Å². The van der Waals surface area contributed by atoms with Crippen LogP contribution in [-0.2, 0) is 0 Å². The minimum atomic E-state index is -0.216. The highest BCUT2D eigenvalue weighted by atomic mass is 16.3. The van der Waals surface area contributed by atoms with Crippen LogP contribution in [0.15, 0.2) is 0 Å². The highest BCUT2D eigenvalue weighted by molar-refractivity contribution is 5.01. The first kappa shape index (κ1) is 26.2. The molecule has 2 nitrogen and oxygen atoms in total. The van der Waals surface area contributed by atoms with Crippen LogP contribution in [0, 0.1) is 57.2 Å². The van der Waals surface area contributed by atoms with E-state index in [1.54, 1.807) is 0 Å². The summed E-state index contributed by atoms with van der Waals surface area (Å²) in [4.78, 5) is 0. The minimum Gasteiger partial charge on any atom is -0.393 e. The smallest absolute Gasteiger partial charge is 0.0606 e. The summed E-state index contributed by atoms with van der Waals surface area (Å²) < 4.78 is 0. The Morgan fingerprint density at radius 1 is 0.400 bits per heavy atom. The third kappa shape index (κ3) is 5.64. The van der Waals surface area contributed by atoms with Crippen molar-refractivity contribution in [1.82, 2.24) is 0 Å². The van der Waals surface area contributed by atoms with Crippen molar-refractivity contribution in [2.75, 3.05) is 0 Å². The van der Waals surface area contributed by atoms with Gasteiger partial charge in [0.1, 0.15) is 0 Å². The van der Waals surface area contributed by atoms with Crippen molar-refractivity contribution in [3.63, 3.8) is 0 Å². The van der Waals surface area contributed by atoms with Crippen molar-refractivity contribution >= 4 is 0 Å². The van der Waals surface area contributed by atoms with Crippen molar-refractivity contribution in [3.05, 3.63) is 0 Å². The number of rotatable bonds is 1. The van der Waals surface area contributed by atoms with Gasteiger partial charge in [0.05, 0.1) is 12.2 Å². The van der Waals surface area contributed by atoms with Gasteiger partial charge in [0.2, 0.25) is 0 Å². The molecule has 2 aliphatic rings. The van der Waals surface area contributed by atoms with Gasteiger partial charge in [-0.15, -0.1) is 0 Å². The highest BCUT2D eigenvalue weighted by Gasteiger charge is 2.52. The van der Waals surface area contributed by atoms with E-state index in [0.717, 1.165) is 25.7 Å². The largest absolute Gasteiger partial charge is 0.393 e. The molecule has 2 rings (SSSR count). The van der Waals surface area contributed by atoms with Crippen LogP contribution in [0.3, 0.4) is 0 Å². The molecule has 0 aromatic rings. The van der Waals surface area contributed by atoms with Crippen molar-refractivity contribution in [2.24, 2.45) is 57.2 Å². The van der Waals surface area contributed by atoms with Gasteiger partial charge in [-0.05, 0) is 82.9 Å². The standard InChI is InChI=1S/C28H54O2/c1-25(2,3)19-13-17(14-20(23(19)29)26(4,5)6)18-15-21(27(7,8)9)24(30)22(16-18)28(10,11)12/h17-24,29-30H,13-16H2,1-12H3/t17?,18?,19-,20?,21?,22?,23?,24?/m0/s1. The van der Waals surface area contributed by atoms with E-state index in [2.05, 4.69) is 83.1 Å². The molecule has 2 heteroatoms. The molecule has 30 heavy (non-hydrogen) atoms. The zero-order valence-electron chi connectivity index (χ0n) is 22.3. The molecule has 5 unspecified atom stereocenters. The molecule has 0 bridgehead atoms. The lowest BCUT2D eigenvalue weighted by Crippen LogP contribution is -2.52. The van der Waals surface area contributed by atoms with Crippen LogP contribution in [-0.4, -0.2) is 22.4 Å². The van der Waals surface area contributed by atoms with E-state index in [9.17, 15) is 10.2 Å². The molecule has 0 heterocycles. The van der Waals surface area contributed by atoms with Gasteiger partial charge in [-0.1, -0.05) is 83.1 Å². The van der Waals surface area contributed by atoms with Crippen LogP contribution in [0.1, 0.15) is 109 Å². The second-order valence-corrected chi connectivity index (χ2v) is 15.3. The predicted molar refractivity (Wildman–Crippen MR) is 129 cm³/mol. The predicted octanol–water partition coefficient (Wildman–Crippen LogP) is 7.18. The van der Waals surface area contributed by atoms with Gasteiger partial charge < -0.3 is 10.2 Å². The fraction of sp³-hybridized carbons (Fsp3) is 1.00. The summed E-state index contributed by atoms with van der Waals surface area (Å²) in [5, 5.41) is 22.8. The average Bonchev–Trinajstić information content (AvgIpc) is 2.50. The van der Waals surface area contributed by atoms with E-state index in [1.165, 1.54) is 0 Å². The van der Waals surface area contributed by atoms with Crippen LogP contribution >= 0.6 is 0 Å². The molecule has 0 aromatic heterocycles. The van der Waals surface area contributed by atoms with Crippen molar-refractivity contribution in [3.8, 4) is 0 Å². The second kappa shape index (κ2) is 8.36. The van der Waals surface area contributed by atoms with Gasteiger partial charge in [0.25, 0.3) is 0 Å². The van der Waals surface area contributed by atoms with Gasteiger partial charge in [-0.3, -0.25) is 0 Å². The Labute approximate surface area is 188 Å². The fourth-order valence-corrected chi connectivity index (χ4v) is 6.85. The lowest BCUT2D eigenvalue weighted by molar-refractivity contribution is -0.124. The minimum absolute atomic E-state index is 0.114. The molecule has 6 atom stereocenters. The molecule has 2 fully saturated rings. The quantitative estimate of drug-likeness (QED) is 0.470. The summed E-state index contributed by atoms with van der Waals surface area (Å²) in [6.45, 7) is 27.7. The maximum absolute atomic E-state index is 11.4. The monoisotopic (exact) mass is 422 g/mol. The van der Waals surface area contributed by atoms with E-state index >= 15 is 0 Å². The lowest BCUT2D eigenvalue weighted by atomic mass is 9.52. The molecule has 0 saturated heterocycles. The van der Waals surface area contributed by atoms with Gasteiger partial charge in [0, 0.05) is 0 Å². The van der Waals surface area contributed by atoms with Crippen molar-refractivity contribution in [2.45, 2.75) is 121 Å². The summed E-state index contributed by atoms with van der Waals surface area (Å²) in [6, 6.07) is 0. The van der Waals surface area contributed by atoms with Crippen LogP contribution in [0.25, 0.3) is 0 Å². The van der Waals surface area contributed by atoms with Crippen LogP contribution in [0.5, 0.6) is 0 Å². The van der Waals surface area contributed by atoms with Gasteiger partial charge in [0.15, 0.2) is 0 Å². The molecule has 0 radical (unpaired) electrons. The normalized spacial score (nSPS) is 39.8. The molecule has 0 aromatic carbocycles. The molecule has 2 aliphatic carbocycles. The summed E-state index contributed by atoms with van der Waals surface area (Å²) in [6.07, 6.45) is 4.09. The Bertz CT molecular complexity index is 465. The second-order valence-electron chi connectivity index (χ2n) is 15.3. The first-order chi connectivity index (χ1) is 13.2. The van der Waals surface area contributed by atoms with Crippen molar-refractivity contribution in [1.29, 1.82) is 0 Å². The molecule has 0 amide bonds. The Kier molecular flexibility index (Phi) is 7.30. The number of hydrogen-bond donors (Lipinski definition) is 2. The first-order valence-electron chi connectivity index (χ1n) is 12.6. The van der Waals surface area contributed by atoms with Crippen molar-refractivity contribution < 1.29 is 10.2 Å². The average molecular weight is 423 g/mol. The SMILES string of the molecule is CC(C)(C)C1CC(C2CC(C(C)(C)C)C(O)[C@@H](C(C)(C)C)C2)CC(C(C)(C)C)C1O. The Morgan fingerprint density at radius 3 is 0.700 bits per heavy atom. The maximum Gasteiger partial charge on any atom is 0.0606 e. The first-order valence-corrected chi connectivity index (χ1v) is 12.6. The fourth-order valence-electron chi connectivity index (χ4n) is 6.85. The third-order valence-electron chi connectivity index (χ3n) is 8.99. The zero-order chi connectivity index (χ0) is 23.4. The molecule has 178 valence electrons. The van der Waals surface area contributed by atoms with E-state index in [-0.39, 0.29) is 33.9 Å². The van der Waals surface area contributed by atoms with E-state index < -0.39 is 0 Å². The molecule has 2 saturated carbocycles. The molecule has 2 N–H and O–H groups in total. The van der Waals surface area contributed by atoms with Crippen LogP contribution < -0.4 is 0 Å². The van der Waals surface area contributed by atoms with Crippen LogP contribution in [0.4, 0.5) is 0 Å². The Morgan fingerprint density at radius 2 is 0.567 bits per heavy atom. The zero-order valence-corrected chi connectivity index (χ0v) is 22.3.